The Labute approximate surface area is 130 Å². The van der Waals surface area contributed by atoms with Crippen LogP contribution in [-0.4, -0.2) is 21.6 Å². The van der Waals surface area contributed by atoms with Crippen LogP contribution in [0.1, 0.15) is 30.4 Å². The fourth-order valence-electron chi connectivity index (χ4n) is 2.56. The number of carbonyl (C=O) groups excluding carboxylic acids is 1. The van der Waals surface area contributed by atoms with E-state index in [1.54, 1.807) is 12.1 Å². The Balaban J connectivity index is 2.13. The molecule has 1 aliphatic rings. The van der Waals surface area contributed by atoms with Gasteiger partial charge in [0.1, 0.15) is 11.6 Å². The molecule has 114 valence electrons. The molecule has 1 amide bonds. The number of aromatic nitrogens is 2. The summed E-state index contributed by atoms with van der Waals surface area (Å²) in [6.07, 6.45) is 0.0987. The van der Waals surface area contributed by atoms with Gasteiger partial charge in [-0.05, 0) is 23.4 Å². The summed E-state index contributed by atoms with van der Waals surface area (Å²) in [6, 6.07) is 5.96. The quantitative estimate of drug-likeness (QED) is 0.673. The molecule has 0 saturated carbocycles. The Bertz CT molecular complexity index is 791. The van der Waals surface area contributed by atoms with Gasteiger partial charge in [0, 0.05) is 12.3 Å². The summed E-state index contributed by atoms with van der Waals surface area (Å²) in [6.45, 7) is 1.94. The second-order valence-corrected chi connectivity index (χ2v) is 6.18. The number of carbonyl (C=O) groups is 1. The molecule has 5 nitrogen and oxygen atoms in total. The third-order valence-corrected chi connectivity index (χ3v) is 4.22. The molecule has 22 heavy (non-hydrogen) atoms. The average molecular weight is 319 g/mol. The standard InChI is InChI=1S/C15H14FN3O2S/c1-2-22-15-18-13-12(14(21)19-15)10(7-11(20)17-13)8-4-3-5-9(16)6-8/h3-6,10H,2,7H2,1H3,(H2,17,18,19,20,21)/t10-/m1/s1. The van der Waals surface area contributed by atoms with Crippen LogP contribution in [0.2, 0.25) is 0 Å². The number of thioether (sulfide) groups is 1. The molecule has 0 radical (unpaired) electrons. The molecule has 1 atom stereocenters. The largest absolute Gasteiger partial charge is 0.310 e. The molecular weight excluding hydrogens is 305 g/mol. The number of anilines is 1. The van der Waals surface area contributed by atoms with Gasteiger partial charge in [0.05, 0.1) is 5.56 Å². The smallest absolute Gasteiger partial charge is 0.257 e. The minimum Gasteiger partial charge on any atom is -0.310 e. The number of nitrogens with zero attached hydrogens (tertiary/aromatic N) is 1. The highest BCUT2D eigenvalue weighted by Gasteiger charge is 2.31. The van der Waals surface area contributed by atoms with Crippen LogP contribution < -0.4 is 10.9 Å². The molecule has 0 fully saturated rings. The van der Waals surface area contributed by atoms with Gasteiger partial charge in [0.15, 0.2) is 5.16 Å². The van der Waals surface area contributed by atoms with Gasteiger partial charge >= 0.3 is 0 Å². The van der Waals surface area contributed by atoms with E-state index < -0.39 is 11.7 Å². The first kappa shape index (κ1) is 14.8. The van der Waals surface area contributed by atoms with Crippen molar-refractivity contribution in [1.29, 1.82) is 0 Å². The van der Waals surface area contributed by atoms with E-state index in [4.69, 9.17) is 0 Å². The first-order valence-corrected chi connectivity index (χ1v) is 7.89. The van der Waals surface area contributed by atoms with Crippen LogP contribution in [-0.2, 0) is 4.79 Å². The molecule has 3 rings (SSSR count). The van der Waals surface area contributed by atoms with Gasteiger partial charge in [-0.2, -0.15) is 0 Å². The van der Waals surface area contributed by atoms with Gasteiger partial charge in [-0.1, -0.05) is 30.8 Å². The molecule has 0 spiro atoms. The van der Waals surface area contributed by atoms with Gasteiger partial charge in [0.25, 0.3) is 5.56 Å². The summed E-state index contributed by atoms with van der Waals surface area (Å²) < 4.78 is 13.5. The summed E-state index contributed by atoms with van der Waals surface area (Å²) in [5.41, 5.74) is 0.681. The maximum Gasteiger partial charge on any atom is 0.257 e. The van der Waals surface area contributed by atoms with Crippen LogP contribution in [0.5, 0.6) is 0 Å². The fraction of sp³-hybridized carbons (Fsp3) is 0.267. The van der Waals surface area contributed by atoms with E-state index in [1.165, 1.54) is 23.9 Å². The second-order valence-electron chi connectivity index (χ2n) is 4.93. The van der Waals surface area contributed by atoms with E-state index in [9.17, 15) is 14.0 Å². The van der Waals surface area contributed by atoms with Crippen molar-refractivity contribution >= 4 is 23.5 Å². The number of benzene rings is 1. The minimum atomic E-state index is -0.489. The average Bonchev–Trinajstić information content (AvgIpc) is 2.46. The SMILES string of the molecule is CCSc1nc2c(c(=O)[nH]1)[C@@H](c1cccc(F)c1)CC(=O)N2. The Morgan fingerprint density at radius 3 is 2.95 bits per heavy atom. The van der Waals surface area contributed by atoms with Crippen LogP contribution in [0.25, 0.3) is 0 Å². The highest BCUT2D eigenvalue weighted by atomic mass is 32.2. The molecule has 1 aliphatic heterocycles. The number of hydrogen-bond acceptors (Lipinski definition) is 4. The lowest BCUT2D eigenvalue weighted by Crippen LogP contribution is -2.31. The predicted molar refractivity (Wildman–Crippen MR) is 82.7 cm³/mol. The topological polar surface area (TPSA) is 74.8 Å². The van der Waals surface area contributed by atoms with E-state index in [2.05, 4.69) is 15.3 Å². The van der Waals surface area contributed by atoms with Crippen molar-refractivity contribution in [3.05, 3.63) is 51.6 Å². The highest BCUT2D eigenvalue weighted by molar-refractivity contribution is 7.99. The molecule has 7 heteroatoms. The van der Waals surface area contributed by atoms with Crippen LogP contribution >= 0.6 is 11.8 Å². The van der Waals surface area contributed by atoms with Gasteiger partial charge in [-0.25, -0.2) is 9.37 Å². The molecule has 0 aliphatic carbocycles. The Morgan fingerprint density at radius 1 is 1.41 bits per heavy atom. The number of amides is 1. The number of nitrogens with one attached hydrogen (secondary N) is 2. The van der Waals surface area contributed by atoms with Crippen molar-refractivity contribution < 1.29 is 9.18 Å². The van der Waals surface area contributed by atoms with E-state index in [-0.39, 0.29) is 23.7 Å². The lowest BCUT2D eigenvalue weighted by molar-refractivity contribution is -0.116. The van der Waals surface area contributed by atoms with Gasteiger partial charge in [0.2, 0.25) is 5.91 Å². The molecule has 1 aromatic heterocycles. The van der Waals surface area contributed by atoms with Crippen LogP contribution in [0.3, 0.4) is 0 Å². The van der Waals surface area contributed by atoms with Crippen molar-refractivity contribution in [3.63, 3.8) is 0 Å². The zero-order chi connectivity index (χ0) is 15.7. The normalized spacial score (nSPS) is 17.0. The maximum atomic E-state index is 13.5. The van der Waals surface area contributed by atoms with Crippen LogP contribution in [0.4, 0.5) is 10.2 Å². The monoisotopic (exact) mass is 319 g/mol. The molecule has 1 aromatic carbocycles. The fourth-order valence-corrected chi connectivity index (χ4v) is 3.16. The zero-order valence-corrected chi connectivity index (χ0v) is 12.7. The van der Waals surface area contributed by atoms with Crippen molar-refractivity contribution in [2.45, 2.75) is 24.4 Å². The van der Waals surface area contributed by atoms with Gasteiger partial charge < -0.3 is 10.3 Å². The number of rotatable bonds is 3. The van der Waals surface area contributed by atoms with Crippen molar-refractivity contribution in [3.8, 4) is 0 Å². The molecule has 2 N–H and O–H groups in total. The highest BCUT2D eigenvalue weighted by Crippen LogP contribution is 2.34. The first-order chi connectivity index (χ1) is 10.6. The Hall–Kier alpha value is -2.15. The van der Waals surface area contributed by atoms with E-state index in [0.717, 1.165) is 5.75 Å². The minimum absolute atomic E-state index is 0.0987. The number of H-pyrrole nitrogens is 1. The summed E-state index contributed by atoms with van der Waals surface area (Å²) in [7, 11) is 0. The summed E-state index contributed by atoms with van der Waals surface area (Å²) in [5.74, 6) is -0.0929. The molecule has 0 saturated heterocycles. The van der Waals surface area contributed by atoms with E-state index >= 15 is 0 Å². The number of fused-ring (bicyclic) bond motifs is 1. The number of hydrogen-bond donors (Lipinski definition) is 2. The summed E-state index contributed by atoms with van der Waals surface area (Å²) in [5, 5.41) is 3.10. The predicted octanol–water partition coefficient (Wildman–Crippen LogP) is 2.50. The lowest BCUT2D eigenvalue weighted by Gasteiger charge is -2.24. The third kappa shape index (κ3) is 2.76. The second kappa shape index (κ2) is 5.92. The molecular formula is C15H14FN3O2S. The zero-order valence-electron chi connectivity index (χ0n) is 11.9. The Kier molecular flexibility index (Phi) is 3.98. The van der Waals surface area contributed by atoms with Crippen LogP contribution in [0.15, 0.2) is 34.2 Å². The van der Waals surface area contributed by atoms with Crippen molar-refractivity contribution in [2.75, 3.05) is 11.1 Å². The van der Waals surface area contributed by atoms with Gasteiger partial charge in [-0.3, -0.25) is 9.59 Å². The first-order valence-electron chi connectivity index (χ1n) is 6.90. The molecule has 2 aromatic rings. The van der Waals surface area contributed by atoms with Crippen molar-refractivity contribution in [1.82, 2.24) is 9.97 Å². The molecule has 2 heterocycles. The van der Waals surface area contributed by atoms with Crippen molar-refractivity contribution in [2.24, 2.45) is 0 Å². The third-order valence-electron chi connectivity index (χ3n) is 3.46. The number of halogens is 1. The van der Waals surface area contributed by atoms with Gasteiger partial charge in [-0.15, -0.1) is 0 Å². The summed E-state index contributed by atoms with van der Waals surface area (Å²) >= 11 is 1.39. The maximum absolute atomic E-state index is 13.5. The summed E-state index contributed by atoms with van der Waals surface area (Å²) in [4.78, 5) is 31.3. The Morgan fingerprint density at radius 2 is 2.23 bits per heavy atom. The van der Waals surface area contributed by atoms with E-state index in [0.29, 0.717) is 16.3 Å². The molecule has 0 bridgehead atoms. The van der Waals surface area contributed by atoms with Crippen LogP contribution in [0, 0.1) is 5.82 Å². The lowest BCUT2D eigenvalue weighted by atomic mass is 9.87. The van der Waals surface area contributed by atoms with E-state index in [1.807, 2.05) is 6.92 Å². The molecule has 0 unspecified atom stereocenters. The number of aromatic amines is 1.